The Kier molecular flexibility index (Phi) is 7.22. The zero-order valence-corrected chi connectivity index (χ0v) is 27.3. The molecular weight excluding hydrogens is 609 g/mol. The number of fused-ring (bicyclic) bond motifs is 8. The molecule has 0 N–H and O–H groups in total. The van der Waals surface area contributed by atoms with Crippen LogP contribution in [0.25, 0.3) is 28.0 Å². The van der Waals surface area contributed by atoms with Crippen LogP contribution in [-0.4, -0.2) is 20.3 Å². The lowest BCUT2D eigenvalue weighted by atomic mass is 9.76. The first kappa shape index (κ1) is 30.8. The molecule has 0 spiro atoms. The van der Waals surface area contributed by atoms with Crippen molar-refractivity contribution in [3.63, 3.8) is 0 Å². The number of rotatable bonds is 5. The molecule has 6 heteroatoms. The molecule has 1 atom stereocenters. The summed E-state index contributed by atoms with van der Waals surface area (Å²) in [5.41, 5.74) is 5.25. The minimum atomic E-state index is -4.44. The molecule has 8 rings (SSSR count). The van der Waals surface area contributed by atoms with Crippen LogP contribution in [0.5, 0.6) is 11.5 Å². The van der Waals surface area contributed by atoms with E-state index >= 15 is 0 Å². The third-order valence-electron chi connectivity index (χ3n) is 10.6. The van der Waals surface area contributed by atoms with Gasteiger partial charge in [-0.15, -0.1) is 0 Å². The highest BCUT2D eigenvalue weighted by Gasteiger charge is 2.45. The van der Waals surface area contributed by atoms with Gasteiger partial charge in [-0.1, -0.05) is 80.6 Å². The molecule has 0 radical (unpaired) electrons. The van der Waals surface area contributed by atoms with Gasteiger partial charge in [-0.25, -0.2) is 0 Å². The fourth-order valence-corrected chi connectivity index (χ4v) is 8.10. The van der Waals surface area contributed by atoms with Crippen molar-refractivity contribution < 1.29 is 27.4 Å². The Labute approximate surface area is 279 Å². The highest BCUT2D eigenvalue weighted by molar-refractivity contribution is 6.09. The van der Waals surface area contributed by atoms with Gasteiger partial charge in [0.15, 0.2) is 5.60 Å². The summed E-state index contributed by atoms with van der Waals surface area (Å²) in [4.78, 5) is 0. The molecule has 5 aromatic carbocycles. The molecule has 48 heavy (non-hydrogen) atoms. The maximum absolute atomic E-state index is 13.9. The zero-order valence-electron chi connectivity index (χ0n) is 27.3. The Morgan fingerprint density at radius 3 is 2.27 bits per heavy atom. The second-order valence-electron chi connectivity index (χ2n) is 13.8. The van der Waals surface area contributed by atoms with E-state index < -0.39 is 22.8 Å². The average molecular weight is 647 g/mol. The minimum absolute atomic E-state index is 0.619. The van der Waals surface area contributed by atoms with Crippen molar-refractivity contribution in [2.45, 2.75) is 50.3 Å². The third kappa shape index (κ3) is 4.83. The standard InChI is InChI=1S/C42H37F3O3/c1-40(2)36-24-30(42(43,44)45)13-15-33(36)37-32-16-14-31(46-3)25-35(32)39-34(38(37)40)17-20-41(48-39,28-7-5-4-6-8-28)29-11-9-26(10-12-29)23-27-18-21-47-22-19-27/h4-17,20,24-25,27H,18-19,21-23H2,1-3H3. The van der Waals surface area contributed by atoms with Crippen molar-refractivity contribution in [3.8, 4) is 22.6 Å². The number of ether oxygens (including phenoxy) is 3. The maximum Gasteiger partial charge on any atom is 0.416 e. The molecule has 3 nitrogen and oxygen atoms in total. The molecule has 0 amide bonds. The topological polar surface area (TPSA) is 27.7 Å². The summed E-state index contributed by atoms with van der Waals surface area (Å²) in [6.07, 6.45) is 2.98. The highest BCUT2D eigenvalue weighted by Crippen LogP contribution is 2.59. The monoisotopic (exact) mass is 646 g/mol. The summed E-state index contributed by atoms with van der Waals surface area (Å²) in [5, 5.41) is 1.77. The van der Waals surface area contributed by atoms with Crippen LogP contribution < -0.4 is 9.47 Å². The van der Waals surface area contributed by atoms with Gasteiger partial charge in [0.05, 0.1) is 12.7 Å². The quantitative estimate of drug-likeness (QED) is 0.190. The first-order valence-corrected chi connectivity index (χ1v) is 16.6. The Bertz CT molecular complexity index is 2060. The predicted octanol–water partition coefficient (Wildman–Crippen LogP) is 10.5. The molecule has 244 valence electrons. The van der Waals surface area contributed by atoms with Gasteiger partial charge in [0, 0.05) is 40.7 Å². The molecule has 2 heterocycles. The zero-order chi connectivity index (χ0) is 33.3. The molecule has 2 aliphatic heterocycles. The average Bonchev–Trinajstić information content (AvgIpc) is 3.35. The van der Waals surface area contributed by atoms with Crippen LogP contribution in [0.1, 0.15) is 65.6 Å². The smallest absolute Gasteiger partial charge is 0.416 e. The van der Waals surface area contributed by atoms with Gasteiger partial charge in [0.1, 0.15) is 11.5 Å². The summed E-state index contributed by atoms with van der Waals surface area (Å²) in [5.74, 6) is 1.99. The number of methoxy groups -OCH3 is 1. The fourth-order valence-electron chi connectivity index (χ4n) is 8.10. The SMILES string of the molecule is COc1ccc2c3c(c4c(c2c1)OC(c1ccccc1)(c1ccc(CC2CCOCC2)cc1)C=C4)C(C)(C)c1cc(C(F)(F)F)ccc1-3. The summed E-state index contributed by atoms with van der Waals surface area (Å²) < 4.78 is 60.4. The molecule has 5 aromatic rings. The summed E-state index contributed by atoms with van der Waals surface area (Å²) >= 11 is 0. The van der Waals surface area contributed by atoms with E-state index in [2.05, 4.69) is 48.6 Å². The van der Waals surface area contributed by atoms with Crippen molar-refractivity contribution in [2.24, 2.45) is 5.92 Å². The molecule has 3 aliphatic rings. The largest absolute Gasteiger partial charge is 0.497 e. The number of hydrogen-bond donors (Lipinski definition) is 0. The lowest BCUT2D eigenvalue weighted by molar-refractivity contribution is -0.137. The molecule has 1 aliphatic carbocycles. The van der Waals surface area contributed by atoms with Gasteiger partial charge in [0.2, 0.25) is 0 Å². The second kappa shape index (κ2) is 11.3. The molecular formula is C42H37F3O3. The Hall–Kier alpha value is -4.55. The first-order chi connectivity index (χ1) is 23.1. The van der Waals surface area contributed by atoms with Crippen LogP contribution in [0.3, 0.4) is 0 Å². The van der Waals surface area contributed by atoms with Crippen LogP contribution in [0.15, 0.2) is 97.1 Å². The normalized spacial score (nSPS) is 19.8. The highest BCUT2D eigenvalue weighted by atomic mass is 19.4. The molecule has 0 bridgehead atoms. The molecule has 1 fully saturated rings. The lowest BCUT2D eigenvalue weighted by Crippen LogP contribution is -2.35. The summed E-state index contributed by atoms with van der Waals surface area (Å²) in [7, 11) is 1.63. The number of benzene rings is 5. The van der Waals surface area contributed by atoms with Crippen LogP contribution in [-0.2, 0) is 28.4 Å². The van der Waals surface area contributed by atoms with E-state index in [1.165, 1.54) is 17.7 Å². The second-order valence-corrected chi connectivity index (χ2v) is 13.8. The van der Waals surface area contributed by atoms with Gasteiger partial charge in [-0.05, 0) is 94.8 Å². The van der Waals surface area contributed by atoms with E-state index in [1.807, 2.05) is 50.2 Å². The van der Waals surface area contributed by atoms with Crippen molar-refractivity contribution in [1.29, 1.82) is 0 Å². The van der Waals surface area contributed by atoms with E-state index in [1.54, 1.807) is 13.2 Å². The molecule has 0 saturated carbocycles. The van der Waals surface area contributed by atoms with E-state index in [9.17, 15) is 13.2 Å². The van der Waals surface area contributed by atoms with Crippen molar-refractivity contribution in [2.75, 3.05) is 20.3 Å². The summed E-state index contributed by atoms with van der Waals surface area (Å²) in [6.45, 7) is 5.67. The third-order valence-corrected chi connectivity index (χ3v) is 10.6. The van der Waals surface area contributed by atoms with Crippen molar-refractivity contribution in [3.05, 3.63) is 136 Å². The maximum atomic E-state index is 13.9. The van der Waals surface area contributed by atoms with Gasteiger partial charge in [-0.3, -0.25) is 0 Å². The Morgan fingerprint density at radius 1 is 0.833 bits per heavy atom. The number of halogens is 3. The van der Waals surface area contributed by atoms with E-state index in [4.69, 9.17) is 14.2 Å². The van der Waals surface area contributed by atoms with Crippen LogP contribution in [0.4, 0.5) is 13.2 Å². The first-order valence-electron chi connectivity index (χ1n) is 16.6. The van der Waals surface area contributed by atoms with E-state index in [0.29, 0.717) is 23.0 Å². The van der Waals surface area contributed by atoms with Crippen LogP contribution in [0, 0.1) is 5.92 Å². The van der Waals surface area contributed by atoms with E-state index in [0.717, 1.165) is 76.6 Å². The number of hydrogen-bond acceptors (Lipinski definition) is 3. The van der Waals surface area contributed by atoms with Gasteiger partial charge in [0.25, 0.3) is 0 Å². The predicted molar refractivity (Wildman–Crippen MR) is 184 cm³/mol. The Morgan fingerprint density at radius 2 is 1.56 bits per heavy atom. The van der Waals surface area contributed by atoms with Crippen LogP contribution in [0.2, 0.25) is 0 Å². The van der Waals surface area contributed by atoms with E-state index in [-0.39, 0.29) is 0 Å². The van der Waals surface area contributed by atoms with Gasteiger partial charge >= 0.3 is 6.18 Å². The molecule has 0 aromatic heterocycles. The van der Waals surface area contributed by atoms with Gasteiger partial charge < -0.3 is 14.2 Å². The lowest BCUT2D eigenvalue weighted by Gasteiger charge is -2.38. The van der Waals surface area contributed by atoms with Crippen LogP contribution >= 0.6 is 0 Å². The Balaban J connectivity index is 1.32. The minimum Gasteiger partial charge on any atom is -0.497 e. The van der Waals surface area contributed by atoms with Crippen molar-refractivity contribution >= 4 is 16.8 Å². The number of alkyl halides is 3. The fraction of sp³-hybridized carbons (Fsp3) is 0.286. The molecule has 1 unspecified atom stereocenters. The van der Waals surface area contributed by atoms with Crippen molar-refractivity contribution in [1.82, 2.24) is 0 Å². The molecule has 1 saturated heterocycles. The van der Waals surface area contributed by atoms with Gasteiger partial charge in [-0.2, -0.15) is 13.2 Å². The summed E-state index contributed by atoms with van der Waals surface area (Å²) in [6, 6.07) is 29.0.